The van der Waals surface area contributed by atoms with E-state index in [1.54, 1.807) is 24.3 Å². The van der Waals surface area contributed by atoms with E-state index in [1.165, 1.54) is 0 Å². The number of morpholine rings is 1. The third kappa shape index (κ3) is 2.19. The van der Waals surface area contributed by atoms with Gasteiger partial charge in [0.2, 0.25) is 0 Å². The zero-order valence-corrected chi connectivity index (χ0v) is 10.8. The number of nitrogens with zero attached hydrogens (tertiary/aromatic N) is 1. The van der Waals surface area contributed by atoms with Gasteiger partial charge in [-0.1, -0.05) is 0 Å². The predicted molar refractivity (Wildman–Crippen MR) is 71.2 cm³/mol. The lowest BCUT2D eigenvalue weighted by Crippen LogP contribution is -2.66. The second-order valence-corrected chi connectivity index (χ2v) is 5.24. The minimum Gasteiger partial charge on any atom is -0.508 e. The van der Waals surface area contributed by atoms with Crippen LogP contribution in [0.2, 0.25) is 0 Å². The summed E-state index contributed by atoms with van der Waals surface area (Å²) in [5.41, 5.74) is 0.541. The highest BCUT2D eigenvalue weighted by Gasteiger charge is 2.44. The van der Waals surface area contributed by atoms with Crippen LogP contribution in [-0.4, -0.2) is 42.9 Å². The maximum atomic E-state index is 12.3. The fourth-order valence-corrected chi connectivity index (χ4v) is 3.01. The molecule has 2 aliphatic heterocycles. The standard InChI is InChI=1S/C14H18N2O3/c17-12-4-2-11(3-5-12)16-13(18)8-19-10-14(16)6-1-7-15-9-14/h2-5,15,17H,1,6-10H2. The average molecular weight is 262 g/mol. The van der Waals surface area contributed by atoms with E-state index in [2.05, 4.69) is 5.32 Å². The molecule has 5 heteroatoms. The maximum absolute atomic E-state index is 12.3. The molecule has 1 spiro atoms. The van der Waals surface area contributed by atoms with Crippen molar-refractivity contribution in [1.82, 2.24) is 5.32 Å². The number of benzene rings is 1. The van der Waals surface area contributed by atoms with Gasteiger partial charge in [0.05, 0.1) is 12.1 Å². The van der Waals surface area contributed by atoms with E-state index in [9.17, 15) is 9.90 Å². The molecule has 1 atom stereocenters. The smallest absolute Gasteiger partial charge is 0.253 e. The first-order valence-electron chi connectivity index (χ1n) is 6.62. The number of nitrogens with one attached hydrogen (secondary N) is 1. The Kier molecular flexibility index (Phi) is 3.16. The van der Waals surface area contributed by atoms with Gasteiger partial charge in [0.25, 0.3) is 5.91 Å². The molecule has 0 bridgehead atoms. The topological polar surface area (TPSA) is 61.8 Å². The van der Waals surface area contributed by atoms with Crippen LogP contribution in [0.4, 0.5) is 5.69 Å². The van der Waals surface area contributed by atoms with Gasteiger partial charge < -0.3 is 20.1 Å². The minimum absolute atomic E-state index is 0.0133. The molecule has 0 aliphatic carbocycles. The van der Waals surface area contributed by atoms with E-state index in [4.69, 9.17) is 4.74 Å². The number of anilines is 1. The number of piperidine rings is 1. The zero-order chi connectivity index (χ0) is 13.3. The lowest BCUT2D eigenvalue weighted by atomic mass is 9.87. The molecule has 2 saturated heterocycles. The summed E-state index contributed by atoms with van der Waals surface area (Å²) >= 11 is 0. The number of rotatable bonds is 1. The van der Waals surface area contributed by atoms with Crippen molar-refractivity contribution in [3.8, 4) is 5.75 Å². The monoisotopic (exact) mass is 262 g/mol. The molecule has 2 N–H and O–H groups in total. The van der Waals surface area contributed by atoms with E-state index in [-0.39, 0.29) is 23.8 Å². The number of aromatic hydroxyl groups is 1. The van der Waals surface area contributed by atoms with Crippen molar-refractivity contribution in [2.24, 2.45) is 0 Å². The number of phenols is 1. The summed E-state index contributed by atoms with van der Waals surface area (Å²) in [6, 6.07) is 6.80. The number of carbonyl (C=O) groups is 1. The third-order valence-electron chi connectivity index (χ3n) is 3.88. The number of phenolic OH excluding ortho intramolecular Hbond substituents is 1. The summed E-state index contributed by atoms with van der Waals surface area (Å²) in [7, 11) is 0. The number of ether oxygens (including phenoxy) is 1. The second-order valence-electron chi connectivity index (χ2n) is 5.24. The molecule has 0 aromatic heterocycles. The van der Waals surface area contributed by atoms with Gasteiger partial charge in [0, 0.05) is 12.2 Å². The SMILES string of the molecule is O=C1COCC2(CCCNC2)N1c1ccc(O)cc1. The molecule has 0 saturated carbocycles. The number of amides is 1. The van der Waals surface area contributed by atoms with Gasteiger partial charge in [0.1, 0.15) is 12.4 Å². The highest BCUT2D eigenvalue weighted by Crippen LogP contribution is 2.33. The van der Waals surface area contributed by atoms with Crippen LogP contribution in [0.5, 0.6) is 5.75 Å². The Morgan fingerprint density at radius 1 is 1.32 bits per heavy atom. The van der Waals surface area contributed by atoms with E-state index in [1.807, 2.05) is 4.90 Å². The first-order chi connectivity index (χ1) is 9.21. The minimum atomic E-state index is -0.287. The Balaban J connectivity index is 1.97. The van der Waals surface area contributed by atoms with Gasteiger partial charge in [-0.25, -0.2) is 0 Å². The quantitative estimate of drug-likeness (QED) is 0.788. The molecule has 19 heavy (non-hydrogen) atoms. The first-order valence-corrected chi connectivity index (χ1v) is 6.62. The molecule has 1 amide bonds. The number of hydrogen-bond donors (Lipinski definition) is 2. The van der Waals surface area contributed by atoms with Crippen molar-refractivity contribution in [2.45, 2.75) is 18.4 Å². The molecule has 1 aromatic rings. The van der Waals surface area contributed by atoms with Crippen LogP contribution in [0.1, 0.15) is 12.8 Å². The molecule has 3 rings (SSSR count). The summed E-state index contributed by atoms with van der Waals surface area (Å²) in [5, 5.41) is 12.7. The highest BCUT2D eigenvalue weighted by atomic mass is 16.5. The fourth-order valence-electron chi connectivity index (χ4n) is 3.01. The van der Waals surface area contributed by atoms with Crippen LogP contribution in [0.3, 0.4) is 0 Å². The third-order valence-corrected chi connectivity index (χ3v) is 3.88. The van der Waals surface area contributed by atoms with Gasteiger partial charge >= 0.3 is 0 Å². The Hall–Kier alpha value is -1.59. The molecule has 0 radical (unpaired) electrons. The van der Waals surface area contributed by atoms with Crippen molar-refractivity contribution in [1.29, 1.82) is 0 Å². The number of carbonyl (C=O) groups excluding carboxylic acids is 1. The lowest BCUT2D eigenvalue weighted by Gasteiger charge is -2.48. The van der Waals surface area contributed by atoms with Gasteiger partial charge in [-0.2, -0.15) is 0 Å². The van der Waals surface area contributed by atoms with Crippen LogP contribution in [0.25, 0.3) is 0 Å². The van der Waals surface area contributed by atoms with Crippen LogP contribution < -0.4 is 10.2 Å². The average Bonchev–Trinajstić information content (AvgIpc) is 2.42. The van der Waals surface area contributed by atoms with Crippen molar-refractivity contribution < 1.29 is 14.6 Å². The Morgan fingerprint density at radius 2 is 2.11 bits per heavy atom. The second kappa shape index (κ2) is 4.83. The van der Waals surface area contributed by atoms with E-state index >= 15 is 0 Å². The summed E-state index contributed by atoms with van der Waals surface area (Å²) in [6.45, 7) is 2.42. The Morgan fingerprint density at radius 3 is 2.79 bits per heavy atom. The molecule has 102 valence electrons. The van der Waals surface area contributed by atoms with Crippen molar-refractivity contribution in [2.75, 3.05) is 31.2 Å². The van der Waals surface area contributed by atoms with E-state index in [0.717, 1.165) is 31.6 Å². The lowest BCUT2D eigenvalue weighted by molar-refractivity contribution is -0.130. The van der Waals surface area contributed by atoms with Crippen molar-refractivity contribution in [3.63, 3.8) is 0 Å². The summed E-state index contributed by atoms with van der Waals surface area (Å²) in [4.78, 5) is 14.1. The van der Waals surface area contributed by atoms with Crippen LogP contribution in [0, 0.1) is 0 Å². The predicted octanol–water partition coefficient (Wildman–Crippen LogP) is 0.878. The van der Waals surface area contributed by atoms with Crippen LogP contribution in [-0.2, 0) is 9.53 Å². The normalized spacial score (nSPS) is 27.8. The molecule has 1 aromatic carbocycles. The Bertz CT molecular complexity index is 461. The zero-order valence-electron chi connectivity index (χ0n) is 10.8. The van der Waals surface area contributed by atoms with Crippen molar-refractivity contribution >= 4 is 11.6 Å². The largest absolute Gasteiger partial charge is 0.508 e. The van der Waals surface area contributed by atoms with Crippen molar-refractivity contribution in [3.05, 3.63) is 24.3 Å². The molecular weight excluding hydrogens is 244 g/mol. The summed E-state index contributed by atoms with van der Waals surface area (Å²) in [6.07, 6.45) is 1.97. The number of hydrogen-bond acceptors (Lipinski definition) is 4. The molecule has 5 nitrogen and oxygen atoms in total. The maximum Gasteiger partial charge on any atom is 0.253 e. The first kappa shape index (κ1) is 12.4. The van der Waals surface area contributed by atoms with E-state index in [0.29, 0.717) is 6.61 Å². The highest BCUT2D eigenvalue weighted by molar-refractivity contribution is 5.96. The van der Waals surface area contributed by atoms with E-state index < -0.39 is 0 Å². The van der Waals surface area contributed by atoms with Crippen LogP contribution >= 0.6 is 0 Å². The molecular formula is C14H18N2O3. The fraction of sp³-hybridized carbons (Fsp3) is 0.500. The van der Waals surface area contributed by atoms with Gasteiger partial charge in [-0.05, 0) is 43.7 Å². The van der Waals surface area contributed by atoms with Crippen LogP contribution in [0.15, 0.2) is 24.3 Å². The molecule has 2 heterocycles. The Labute approximate surface area is 112 Å². The van der Waals surface area contributed by atoms with Gasteiger partial charge in [-0.15, -0.1) is 0 Å². The molecule has 1 unspecified atom stereocenters. The molecule has 2 fully saturated rings. The summed E-state index contributed by atoms with van der Waals surface area (Å²) in [5.74, 6) is 0.195. The van der Waals surface area contributed by atoms with Gasteiger partial charge in [0.15, 0.2) is 0 Å². The summed E-state index contributed by atoms with van der Waals surface area (Å²) < 4.78 is 5.47. The van der Waals surface area contributed by atoms with Gasteiger partial charge in [-0.3, -0.25) is 4.79 Å². The molecule has 2 aliphatic rings.